The monoisotopic (exact) mass is 490 g/mol. The first-order valence-electron chi connectivity index (χ1n) is 11.7. The van der Waals surface area contributed by atoms with E-state index in [0.717, 1.165) is 28.8 Å². The molecule has 3 aromatic carbocycles. The van der Waals surface area contributed by atoms with Crippen LogP contribution in [0.15, 0.2) is 83.8 Å². The van der Waals surface area contributed by atoms with E-state index in [4.69, 9.17) is 9.47 Å². The summed E-state index contributed by atoms with van der Waals surface area (Å²) in [6.07, 6.45) is 5.33. The lowest BCUT2D eigenvalue weighted by molar-refractivity contribution is 0.353. The highest BCUT2D eigenvalue weighted by Crippen LogP contribution is 2.51. The van der Waals surface area contributed by atoms with Gasteiger partial charge in [0.2, 0.25) is 10.0 Å². The molecule has 0 radical (unpaired) electrons. The Labute approximate surface area is 207 Å². The number of hydrogen-bond donors (Lipinski definition) is 1. The molecule has 1 heterocycles. The molecule has 0 amide bonds. The molecule has 1 aliphatic carbocycles. The number of hydrogen-bond acceptors (Lipinski definition) is 5. The third-order valence-corrected chi connectivity index (χ3v) is 8.86. The predicted octanol–water partition coefficient (Wildman–Crippen LogP) is 5.35. The number of sulfonamides is 1. The normalized spacial score (nSPS) is 20.7. The molecule has 5 rings (SSSR count). The van der Waals surface area contributed by atoms with Crippen molar-refractivity contribution >= 4 is 15.7 Å². The van der Waals surface area contributed by atoms with Crippen LogP contribution in [0.5, 0.6) is 11.5 Å². The Hall–Kier alpha value is -3.29. The smallest absolute Gasteiger partial charge is 0.243 e. The molecule has 0 saturated carbocycles. The van der Waals surface area contributed by atoms with Crippen molar-refractivity contribution in [3.8, 4) is 11.5 Å². The van der Waals surface area contributed by atoms with E-state index in [0.29, 0.717) is 22.9 Å². The molecular formula is C28H30N2O4S. The molecule has 3 aromatic rings. The van der Waals surface area contributed by atoms with Crippen LogP contribution in [-0.2, 0) is 16.6 Å². The molecule has 3 unspecified atom stereocenters. The second-order valence-electron chi connectivity index (χ2n) is 9.09. The van der Waals surface area contributed by atoms with Gasteiger partial charge in [0, 0.05) is 25.2 Å². The molecule has 0 bridgehead atoms. The summed E-state index contributed by atoms with van der Waals surface area (Å²) in [5.74, 6) is 1.81. The van der Waals surface area contributed by atoms with Crippen LogP contribution in [0.2, 0.25) is 0 Å². The van der Waals surface area contributed by atoms with Gasteiger partial charge in [-0.05, 0) is 59.4 Å². The molecule has 0 saturated heterocycles. The van der Waals surface area contributed by atoms with Gasteiger partial charge in [0.15, 0.2) is 11.5 Å². The topological polar surface area (TPSA) is 67.9 Å². The lowest BCUT2D eigenvalue weighted by atomic mass is 9.77. The summed E-state index contributed by atoms with van der Waals surface area (Å²) in [6.45, 7) is 0.325. The minimum absolute atomic E-state index is 0.0746. The van der Waals surface area contributed by atoms with Crippen molar-refractivity contribution in [2.24, 2.45) is 5.92 Å². The van der Waals surface area contributed by atoms with Crippen LogP contribution in [0.25, 0.3) is 0 Å². The molecule has 182 valence electrons. The zero-order chi connectivity index (χ0) is 24.6. The summed E-state index contributed by atoms with van der Waals surface area (Å²) in [7, 11) is 1.27. The summed E-state index contributed by atoms with van der Waals surface area (Å²) in [6, 6.07) is 21.2. The molecule has 2 aliphatic rings. The van der Waals surface area contributed by atoms with Gasteiger partial charge in [0.1, 0.15) is 0 Å². The quantitative estimate of drug-likeness (QED) is 0.452. The van der Waals surface area contributed by atoms with Crippen LogP contribution >= 0.6 is 0 Å². The fourth-order valence-corrected chi connectivity index (χ4v) is 6.41. The van der Waals surface area contributed by atoms with Crippen molar-refractivity contribution < 1.29 is 17.9 Å². The average Bonchev–Trinajstić information content (AvgIpc) is 3.38. The molecule has 0 aromatic heterocycles. The van der Waals surface area contributed by atoms with Crippen LogP contribution in [0.1, 0.15) is 35.1 Å². The minimum atomic E-state index is -3.63. The highest BCUT2D eigenvalue weighted by molar-refractivity contribution is 7.89. The fourth-order valence-electron chi connectivity index (χ4n) is 5.21. The minimum Gasteiger partial charge on any atom is -0.493 e. The van der Waals surface area contributed by atoms with Crippen LogP contribution in [0.4, 0.5) is 5.69 Å². The summed E-state index contributed by atoms with van der Waals surface area (Å²) >= 11 is 0. The van der Waals surface area contributed by atoms with E-state index in [1.165, 1.54) is 4.31 Å². The number of rotatable bonds is 7. The predicted molar refractivity (Wildman–Crippen MR) is 137 cm³/mol. The van der Waals surface area contributed by atoms with E-state index >= 15 is 0 Å². The third-order valence-electron chi connectivity index (χ3n) is 7.06. The van der Waals surface area contributed by atoms with Gasteiger partial charge >= 0.3 is 0 Å². The van der Waals surface area contributed by atoms with Crippen molar-refractivity contribution in [2.45, 2.75) is 29.8 Å². The second kappa shape index (κ2) is 9.40. The van der Waals surface area contributed by atoms with E-state index in [2.05, 4.69) is 23.5 Å². The van der Waals surface area contributed by atoms with Crippen molar-refractivity contribution in [1.82, 2.24) is 4.31 Å². The Kier molecular flexibility index (Phi) is 6.30. The zero-order valence-electron chi connectivity index (χ0n) is 20.1. The Balaban J connectivity index is 1.46. The number of allylic oxidation sites excluding steroid dienone is 2. The van der Waals surface area contributed by atoms with E-state index in [1.807, 2.05) is 54.6 Å². The number of anilines is 1. The van der Waals surface area contributed by atoms with Crippen LogP contribution in [-0.4, -0.2) is 34.0 Å². The van der Waals surface area contributed by atoms with E-state index < -0.39 is 10.0 Å². The van der Waals surface area contributed by atoms with E-state index in [9.17, 15) is 8.42 Å². The SMILES string of the molecule is COc1ccc(C2Nc3ccc(S(=O)(=O)N(C)Cc4ccccc4)cc3C3C=CCC32)cc1OC. The number of ether oxygens (including phenoxy) is 2. The number of nitrogens with zero attached hydrogens (tertiary/aromatic N) is 1. The Morgan fingerprint density at radius 1 is 0.971 bits per heavy atom. The van der Waals surface area contributed by atoms with E-state index in [-0.39, 0.29) is 17.9 Å². The first kappa shape index (κ1) is 23.5. The molecule has 0 fully saturated rings. The average molecular weight is 491 g/mol. The van der Waals surface area contributed by atoms with Crippen molar-refractivity contribution in [1.29, 1.82) is 0 Å². The molecule has 35 heavy (non-hydrogen) atoms. The number of fused-ring (bicyclic) bond motifs is 3. The third kappa shape index (κ3) is 4.30. The number of methoxy groups -OCH3 is 2. The molecule has 1 N–H and O–H groups in total. The van der Waals surface area contributed by atoms with Gasteiger partial charge in [-0.15, -0.1) is 0 Å². The van der Waals surface area contributed by atoms with Crippen LogP contribution < -0.4 is 14.8 Å². The largest absolute Gasteiger partial charge is 0.493 e. The molecule has 1 aliphatic heterocycles. The summed E-state index contributed by atoms with van der Waals surface area (Å²) in [5.41, 5.74) is 4.05. The second-order valence-corrected chi connectivity index (χ2v) is 11.1. The molecular weight excluding hydrogens is 460 g/mol. The van der Waals surface area contributed by atoms with Gasteiger partial charge in [0.25, 0.3) is 0 Å². The van der Waals surface area contributed by atoms with Crippen LogP contribution in [0.3, 0.4) is 0 Å². The summed E-state index contributed by atoms with van der Waals surface area (Å²) < 4.78 is 39.1. The summed E-state index contributed by atoms with van der Waals surface area (Å²) in [4.78, 5) is 0.320. The molecule has 0 spiro atoms. The van der Waals surface area contributed by atoms with Gasteiger partial charge in [-0.1, -0.05) is 48.6 Å². The van der Waals surface area contributed by atoms with Crippen molar-refractivity contribution in [3.63, 3.8) is 0 Å². The van der Waals surface area contributed by atoms with Gasteiger partial charge in [-0.3, -0.25) is 0 Å². The fraction of sp³-hybridized carbons (Fsp3) is 0.286. The highest BCUT2D eigenvalue weighted by atomic mass is 32.2. The lowest BCUT2D eigenvalue weighted by Gasteiger charge is -2.38. The standard InChI is InChI=1S/C28H30N2O4S/c1-30(18-19-8-5-4-6-9-19)35(31,32)21-13-14-25-24(17-21)22-10-7-11-23(22)28(29-25)20-12-15-26(33-2)27(16-20)34-3/h4-10,12-17,22-23,28-29H,11,18H2,1-3H3. The maximum Gasteiger partial charge on any atom is 0.243 e. The maximum absolute atomic E-state index is 13.4. The van der Waals surface area contributed by atoms with Gasteiger partial charge < -0.3 is 14.8 Å². The van der Waals surface area contributed by atoms with Gasteiger partial charge in [0.05, 0.1) is 25.2 Å². The number of nitrogens with one attached hydrogen (secondary N) is 1. The Morgan fingerprint density at radius 2 is 1.74 bits per heavy atom. The molecule has 7 heteroatoms. The Morgan fingerprint density at radius 3 is 2.49 bits per heavy atom. The molecule has 3 atom stereocenters. The highest BCUT2D eigenvalue weighted by Gasteiger charge is 2.39. The van der Waals surface area contributed by atoms with Gasteiger partial charge in [-0.25, -0.2) is 8.42 Å². The first-order chi connectivity index (χ1) is 16.9. The molecule has 6 nitrogen and oxygen atoms in total. The lowest BCUT2D eigenvalue weighted by Crippen LogP contribution is -2.30. The first-order valence-corrected chi connectivity index (χ1v) is 13.2. The maximum atomic E-state index is 13.4. The van der Waals surface area contributed by atoms with Crippen molar-refractivity contribution in [3.05, 3.63) is 95.6 Å². The zero-order valence-corrected chi connectivity index (χ0v) is 21.0. The van der Waals surface area contributed by atoms with Crippen LogP contribution in [0, 0.1) is 5.92 Å². The van der Waals surface area contributed by atoms with Crippen molar-refractivity contribution in [2.75, 3.05) is 26.6 Å². The Bertz CT molecular complexity index is 1350. The number of benzene rings is 3. The van der Waals surface area contributed by atoms with Gasteiger partial charge in [-0.2, -0.15) is 4.31 Å². The van der Waals surface area contributed by atoms with E-state index in [1.54, 1.807) is 27.3 Å². The summed E-state index contributed by atoms with van der Waals surface area (Å²) in [5, 5.41) is 3.68.